The molecule has 5 rings (SSSR count). The number of aliphatic hydroxyl groups excluding tert-OH is 2. The van der Waals surface area contributed by atoms with Gasteiger partial charge in [-0.05, 0) is 55.1 Å². The van der Waals surface area contributed by atoms with Crippen molar-refractivity contribution >= 4 is 11.7 Å². The fourth-order valence-corrected chi connectivity index (χ4v) is 5.84. The highest BCUT2D eigenvalue weighted by atomic mass is 16.7. The molecule has 0 aliphatic carbocycles. The summed E-state index contributed by atoms with van der Waals surface area (Å²) in [6.45, 7) is 4.09. The number of rotatable bonds is 9. The highest BCUT2D eigenvalue weighted by molar-refractivity contribution is 5.89. The number of hydrogen-bond acceptors (Lipinski definition) is 6. The van der Waals surface area contributed by atoms with E-state index in [1.54, 1.807) is 0 Å². The van der Waals surface area contributed by atoms with Gasteiger partial charge in [0, 0.05) is 36.3 Å². The predicted octanol–water partition coefficient (Wildman–Crippen LogP) is 4.72. The molecule has 0 aromatic heterocycles. The Hall–Kier alpha value is -3.27. The van der Waals surface area contributed by atoms with Crippen LogP contribution in [-0.2, 0) is 16.1 Å². The summed E-state index contributed by atoms with van der Waals surface area (Å²) in [6.07, 6.45) is 0.801. The molecule has 2 saturated heterocycles. The van der Waals surface area contributed by atoms with Crippen LogP contribution in [0.2, 0.25) is 0 Å². The maximum Gasteiger partial charge on any atom is 0.319 e. The number of nitrogens with zero attached hydrogens (tertiary/aromatic N) is 1. The van der Waals surface area contributed by atoms with Gasteiger partial charge in [0.25, 0.3) is 0 Å². The molecule has 5 atom stereocenters. The third-order valence-electron chi connectivity index (χ3n) is 7.85. The minimum Gasteiger partial charge on any atom is -0.395 e. The van der Waals surface area contributed by atoms with Crippen LogP contribution < -0.4 is 10.6 Å². The van der Waals surface area contributed by atoms with E-state index in [-0.39, 0.29) is 43.4 Å². The summed E-state index contributed by atoms with van der Waals surface area (Å²) < 4.78 is 13.6. The fraction of sp³-hybridized carbons (Fsp3) is 0.406. The summed E-state index contributed by atoms with van der Waals surface area (Å²) >= 11 is 0. The fourth-order valence-electron chi connectivity index (χ4n) is 5.84. The normalized spacial score (nSPS) is 25.0. The lowest BCUT2D eigenvalue weighted by molar-refractivity contribution is -0.264. The number of carbonyl (C=O) groups excluding carboxylic acids is 1. The van der Waals surface area contributed by atoms with Crippen LogP contribution in [-0.4, -0.2) is 59.5 Å². The van der Waals surface area contributed by atoms with Crippen LogP contribution in [0.5, 0.6) is 0 Å². The number of benzene rings is 3. The molecule has 2 heterocycles. The zero-order valence-corrected chi connectivity index (χ0v) is 22.9. The second-order valence-corrected chi connectivity index (χ2v) is 10.5. The van der Waals surface area contributed by atoms with Crippen LogP contribution in [0.25, 0.3) is 0 Å². The summed E-state index contributed by atoms with van der Waals surface area (Å²) in [7, 11) is 0. The lowest BCUT2D eigenvalue weighted by Crippen LogP contribution is -2.46. The van der Waals surface area contributed by atoms with Gasteiger partial charge in [0.15, 0.2) is 6.29 Å². The van der Waals surface area contributed by atoms with E-state index >= 15 is 0 Å². The van der Waals surface area contributed by atoms with E-state index in [4.69, 9.17) is 9.47 Å². The van der Waals surface area contributed by atoms with Gasteiger partial charge in [-0.25, -0.2) is 4.79 Å². The number of anilines is 1. The van der Waals surface area contributed by atoms with E-state index in [1.165, 1.54) is 0 Å². The maximum atomic E-state index is 12.2. The molecule has 3 aromatic carbocycles. The molecule has 8 heteroatoms. The van der Waals surface area contributed by atoms with Gasteiger partial charge in [0.05, 0.1) is 25.4 Å². The summed E-state index contributed by atoms with van der Waals surface area (Å²) in [5.74, 6) is -0.103. The minimum atomic E-state index is -0.668. The van der Waals surface area contributed by atoms with Crippen molar-refractivity contribution in [1.29, 1.82) is 0 Å². The molecule has 2 aliphatic heterocycles. The molecule has 0 spiro atoms. The van der Waals surface area contributed by atoms with Crippen molar-refractivity contribution in [3.05, 3.63) is 101 Å². The van der Waals surface area contributed by atoms with Gasteiger partial charge in [-0.3, -0.25) is 4.90 Å². The lowest BCUT2D eigenvalue weighted by atomic mass is 9.83. The summed E-state index contributed by atoms with van der Waals surface area (Å²) in [5, 5.41) is 25.3. The van der Waals surface area contributed by atoms with Crippen LogP contribution in [0.1, 0.15) is 60.3 Å². The second-order valence-electron chi connectivity index (χ2n) is 10.5. The summed E-state index contributed by atoms with van der Waals surface area (Å²) in [5.41, 5.74) is 4.42. The average molecular weight is 546 g/mol. The molecule has 5 unspecified atom stereocenters. The Balaban J connectivity index is 1.52. The first-order valence-corrected chi connectivity index (χ1v) is 14.1. The first kappa shape index (κ1) is 28.3. The first-order chi connectivity index (χ1) is 19.6. The zero-order chi connectivity index (χ0) is 27.9. The molecule has 0 radical (unpaired) electrons. The van der Waals surface area contributed by atoms with Crippen LogP contribution in [0.4, 0.5) is 10.5 Å². The number of nitrogens with one attached hydrogen (secondary N) is 2. The number of hydrogen-bond donors (Lipinski definition) is 4. The Labute approximate surface area is 235 Å². The topological polar surface area (TPSA) is 103 Å². The van der Waals surface area contributed by atoms with Gasteiger partial charge in [-0.15, -0.1) is 0 Å². The van der Waals surface area contributed by atoms with Crippen molar-refractivity contribution < 1.29 is 24.5 Å². The van der Waals surface area contributed by atoms with E-state index < -0.39 is 6.29 Å². The molecule has 0 saturated carbocycles. The molecular formula is C32H39N3O5. The van der Waals surface area contributed by atoms with E-state index in [0.717, 1.165) is 41.6 Å². The first-order valence-electron chi connectivity index (χ1n) is 14.1. The quantitative estimate of drug-likeness (QED) is 0.310. The van der Waals surface area contributed by atoms with Crippen LogP contribution in [0, 0.1) is 0 Å². The highest BCUT2D eigenvalue weighted by Gasteiger charge is 2.43. The van der Waals surface area contributed by atoms with Crippen molar-refractivity contribution in [1.82, 2.24) is 10.2 Å². The van der Waals surface area contributed by atoms with Crippen LogP contribution in [0.3, 0.4) is 0 Å². The van der Waals surface area contributed by atoms with Crippen molar-refractivity contribution in [2.75, 3.05) is 31.6 Å². The monoisotopic (exact) mass is 545 g/mol. The highest BCUT2D eigenvalue weighted by Crippen LogP contribution is 2.47. The summed E-state index contributed by atoms with van der Waals surface area (Å²) in [4.78, 5) is 14.5. The maximum absolute atomic E-state index is 12.2. The number of likely N-dealkylation sites (tertiary alicyclic amines) is 1. The standard InChI is InChI=1S/C32H39N3O5/c1-2-33-32(38)34-26-11-6-10-25(18-26)31-39-28(19-35-17-7-12-27(35)21-37)29(23-8-4-3-5-9-23)30(40-31)24-15-13-22(20-36)14-16-24/h3-6,8-11,13-16,18,27-31,36-37H,2,7,12,17,19-21H2,1H3,(H2,33,34,38). The number of aliphatic hydroxyl groups is 2. The van der Waals surface area contributed by atoms with Gasteiger partial charge in [-0.1, -0.05) is 66.7 Å². The van der Waals surface area contributed by atoms with E-state index in [2.05, 4.69) is 27.7 Å². The Kier molecular flexibility index (Phi) is 9.46. The molecule has 212 valence electrons. The zero-order valence-electron chi connectivity index (χ0n) is 22.9. The van der Waals surface area contributed by atoms with Gasteiger partial charge < -0.3 is 30.3 Å². The lowest BCUT2D eigenvalue weighted by Gasteiger charge is -2.44. The third-order valence-corrected chi connectivity index (χ3v) is 7.85. The average Bonchev–Trinajstić information content (AvgIpc) is 3.44. The van der Waals surface area contributed by atoms with E-state index in [9.17, 15) is 15.0 Å². The largest absolute Gasteiger partial charge is 0.395 e. The predicted molar refractivity (Wildman–Crippen MR) is 154 cm³/mol. The molecule has 4 N–H and O–H groups in total. The van der Waals surface area contributed by atoms with Crippen molar-refractivity contribution in [3.63, 3.8) is 0 Å². The van der Waals surface area contributed by atoms with E-state index in [0.29, 0.717) is 18.8 Å². The Bertz CT molecular complexity index is 1240. The third kappa shape index (κ3) is 6.54. The number of amides is 2. The number of urea groups is 1. The van der Waals surface area contributed by atoms with Crippen molar-refractivity contribution in [2.24, 2.45) is 0 Å². The molecule has 0 bridgehead atoms. The van der Waals surface area contributed by atoms with Gasteiger partial charge in [0.2, 0.25) is 0 Å². The number of ether oxygens (including phenoxy) is 2. The Morgan fingerprint density at radius 2 is 1.73 bits per heavy atom. The van der Waals surface area contributed by atoms with Crippen molar-refractivity contribution in [3.8, 4) is 0 Å². The summed E-state index contributed by atoms with van der Waals surface area (Å²) in [6, 6.07) is 25.6. The molecular weight excluding hydrogens is 506 g/mol. The Morgan fingerprint density at radius 1 is 0.950 bits per heavy atom. The number of carbonyl (C=O) groups is 1. The SMILES string of the molecule is CCNC(=O)Nc1cccc(C2OC(CN3CCCC3CO)C(c3ccccc3)C(c3ccc(CO)cc3)O2)c1. The van der Waals surface area contributed by atoms with Crippen LogP contribution in [0.15, 0.2) is 78.9 Å². The van der Waals surface area contributed by atoms with Crippen molar-refractivity contribution in [2.45, 2.75) is 56.8 Å². The van der Waals surface area contributed by atoms with Gasteiger partial charge >= 0.3 is 6.03 Å². The Morgan fingerprint density at radius 3 is 2.45 bits per heavy atom. The molecule has 2 amide bonds. The molecule has 3 aromatic rings. The van der Waals surface area contributed by atoms with Gasteiger partial charge in [-0.2, -0.15) is 0 Å². The molecule has 2 aliphatic rings. The van der Waals surface area contributed by atoms with E-state index in [1.807, 2.05) is 73.7 Å². The molecule has 8 nitrogen and oxygen atoms in total. The second kappa shape index (κ2) is 13.4. The minimum absolute atomic E-state index is 0.0226. The molecule has 40 heavy (non-hydrogen) atoms. The van der Waals surface area contributed by atoms with Crippen LogP contribution >= 0.6 is 0 Å². The molecule has 2 fully saturated rings. The smallest absolute Gasteiger partial charge is 0.319 e. The van der Waals surface area contributed by atoms with Gasteiger partial charge in [0.1, 0.15) is 0 Å².